The van der Waals surface area contributed by atoms with Crippen molar-refractivity contribution in [2.45, 2.75) is 13.5 Å². The third kappa shape index (κ3) is 3.85. The summed E-state index contributed by atoms with van der Waals surface area (Å²) in [6.45, 7) is 2.36. The molecule has 2 aromatic heterocycles. The second-order valence-corrected chi connectivity index (χ2v) is 7.54. The van der Waals surface area contributed by atoms with Gasteiger partial charge in [0, 0.05) is 6.20 Å². The molecule has 28 heavy (non-hydrogen) atoms. The number of benzene rings is 2. The quantitative estimate of drug-likeness (QED) is 0.464. The Balaban J connectivity index is 1.76. The maximum atomic E-state index is 13.6. The Bertz CT molecular complexity index is 1060. The summed E-state index contributed by atoms with van der Waals surface area (Å²) in [7, 11) is 0. The summed E-state index contributed by atoms with van der Waals surface area (Å²) in [5.41, 5.74) is 2.50. The molecule has 1 amide bonds. The highest BCUT2D eigenvalue weighted by molar-refractivity contribution is 7.15. The molecule has 0 aliphatic rings. The van der Waals surface area contributed by atoms with Gasteiger partial charge in [-0.3, -0.25) is 9.69 Å². The molecule has 0 aliphatic carbocycles. The second kappa shape index (κ2) is 8.15. The highest BCUT2D eigenvalue weighted by Crippen LogP contribution is 2.32. The van der Waals surface area contributed by atoms with Crippen molar-refractivity contribution in [1.29, 1.82) is 0 Å². The van der Waals surface area contributed by atoms with E-state index in [9.17, 15) is 4.79 Å². The smallest absolute Gasteiger partial charge is 0.279 e. The van der Waals surface area contributed by atoms with Crippen LogP contribution in [0.25, 0.3) is 10.4 Å². The van der Waals surface area contributed by atoms with E-state index in [1.54, 1.807) is 11.1 Å². The van der Waals surface area contributed by atoms with Crippen LogP contribution in [0, 0.1) is 6.92 Å². The Hall–Kier alpha value is -3.31. The van der Waals surface area contributed by atoms with Crippen LogP contribution in [-0.4, -0.2) is 15.9 Å². The van der Waals surface area contributed by atoms with E-state index in [1.807, 2.05) is 85.8 Å². The lowest BCUT2D eigenvalue weighted by Gasteiger charge is -2.21. The van der Waals surface area contributed by atoms with Gasteiger partial charge >= 0.3 is 0 Å². The molecule has 0 aliphatic heterocycles. The monoisotopic (exact) mass is 385 g/mol. The molecule has 4 rings (SSSR count). The molecule has 0 bridgehead atoms. The topological polar surface area (TPSA) is 46.1 Å². The van der Waals surface area contributed by atoms with Crippen molar-refractivity contribution in [3.63, 3.8) is 0 Å². The second-order valence-electron chi connectivity index (χ2n) is 6.34. The number of aromatic nitrogens is 2. The largest absolute Gasteiger partial charge is 0.287 e. The minimum absolute atomic E-state index is 0.147. The van der Waals surface area contributed by atoms with Gasteiger partial charge in [0.2, 0.25) is 0 Å². The summed E-state index contributed by atoms with van der Waals surface area (Å²) in [6.07, 6.45) is 1.70. The number of pyridine rings is 1. The number of anilines is 1. The van der Waals surface area contributed by atoms with E-state index in [1.165, 1.54) is 11.3 Å². The number of hydrogen-bond donors (Lipinski definition) is 0. The molecule has 4 nitrogen and oxygen atoms in total. The molecule has 0 fully saturated rings. The van der Waals surface area contributed by atoms with E-state index >= 15 is 0 Å². The maximum Gasteiger partial charge on any atom is 0.279 e. The van der Waals surface area contributed by atoms with Gasteiger partial charge in [-0.1, -0.05) is 66.7 Å². The first-order valence-electron chi connectivity index (χ1n) is 9.02. The van der Waals surface area contributed by atoms with Gasteiger partial charge in [-0.05, 0) is 30.2 Å². The Kier molecular flexibility index (Phi) is 5.26. The molecule has 4 aromatic rings. The van der Waals surface area contributed by atoms with Gasteiger partial charge in [-0.25, -0.2) is 9.97 Å². The summed E-state index contributed by atoms with van der Waals surface area (Å²) in [6, 6.07) is 25.4. The molecular formula is C23H19N3OS. The van der Waals surface area contributed by atoms with Crippen LogP contribution in [0.4, 0.5) is 5.82 Å². The lowest BCUT2D eigenvalue weighted by Crippen LogP contribution is -2.31. The number of aryl methyl sites for hydroxylation is 1. The maximum absolute atomic E-state index is 13.6. The first-order valence-corrected chi connectivity index (χ1v) is 9.83. The average molecular weight is 385 g/mol. The molecule has 0 saturated heterocycles. The van der Waals surface area contributed by atoms with Crippen molar-refractivity contribution >= 4 is 23.1 Å². The number of carbonyl (C=O) groups excluding carboxylic acids is 1. The Morgan fingerprint density at radius 2 is 1.61 bits per heavy atom. The summed E-state index contributed by atoms with van der Waals surface area (Å²) in [4.78, 5) is 25.2. The fraction of sp³-hybridized carbons (Fsp3) is 0.0870. The van der Waals surface area contributed by atoms with Crippen LogP contribution < -0.4 is 4.90 Å². The molecule has 0 spiro atoms. The first kappa shape index (κ1) is 18.1. The van der Waals surface area contributed by atoms with E-state index in [0.29, 0.717) is 18.1 Å². The summed E-state index contributed by atoms with van der Waals surface area (Å²) < 4.78 is 0. The zero-order chi connectivity index (χ0) is 19.3. The van der Waals surface area contributed by atoms with Gasteiger partial charge < -0.3 is 0 Å². The van der Waals surface area contributed by atoms with Crippen molar-refractivity contribution in [2.75, 3.05) is 4.90 Å². The Labute approximate surface area is 168 Å². The summed E-state index contributed by atoms with van der Waals surface area (Å²) in [5.74, 6) is 0.465. The fourth-order valence-electron chi connectivity index (χ4n) is 3.02. The fourth-order valence-corrected chi connectivity index (χ4v) is 3.94. The van der Waals surface area contributed by atoms with Crippen molar-refractivity contribution in [3.05, 3.63) is 101 Å². The number of thiazole rings is 1. The van der Waals surface area contributed by atoms with E-state index in [4.69, 9.17) is 0 Å². The third-order valence-corrected chi connectivity index (χ3v) is 5.35. The molecule has 0 unspecified atom stereocenters. The van der Waals surface area contributed by atoms with E-state index < -0.39 is 0 Å². The molecule has 2 aromatic carbocycles. The van der Waals surface area contributed by atoms with Gasteiger partial charge in [0.1, 0.15) is 11.5 Å². The SMILES string of the molecule is Cc1nc(C(=O)N(Cc2ccccc2)c2ccccn2)c(-c2ccccc2)s1. The minimum atomic E-state index is -0.147. The molecule has 0 saturated carbocycles. The first-order chi connectivity index (χ1) is 13.7. The Morgan fingerprint density at radius 1 is 0.929 bits per heavy atom. The van der Waals surface area contributed by atoms with Gasteiger partial charge in [0.25, 0.3) is 5.91 Å². The van der Waals surface area contributed by atoms with Gasteiger partial charge in [0.05, 0.1) is 16.4 Å². The predicted octanol–water partition coefficient (Wildman–Crippen LogP) is 5.36. The molecule has 5 heteroatoms. The van der Waals surface area contributed by atoms with Crippen LogP contribution in [-0.2, 0) is 6.54 Å². The van der Waals surface area contributed by atoms with Crippen LogP contribution in [0.1, 0.15) is 21.1 Å². The number of rotatable bonds is 5. The van der Waals surface area contributed by atoms with Crippen molar-refractivity contribution in [3.8, 4) is 10.4 Å². The van der Waals surface area contributed by atoms with E-state index in [0.717, 1.165) is 21.0 Å². The van der Waals surface area contributed by atoms with Crippen LogP contribution >= 0.6 is 11.3 Å². The highest BCUT2D eigenvalue weighted by atomic mass is 32.1. The Morgan fingerprint density at radius 3 is 2.29 bits per heavy atom. The van der Waals surface area contributed by atoms with Crippen LogP contribution in [0.15, 0.2) is 85.1 Å². The predicted molar refractivity (Wildman–Crippen MR) is 113 cm³/mol. The third-order valence-electron chi connectivity index (χ3n) is 4.33. The zero-order valence-corrected chi connectivity index (χ0v) is 16.3. The van der Waals surface area contributed by atoms with Crippen LogP contribution in [0.2, 0.25) is 0 Å². The number of amides is 1. The molecular weight excluding hydrogens is 366 g/mol. The standard InChI is InChI=1S/C23H19N3OS/c1-17-25-21(22(28-17)19-12-6-3-7-13-19)23(27)26(20-14-8-9-15-24-20)16-18-10-4-2-5-11-18/h2-15H,16H2,1H3. The van der Waals surface area contributed by atoms with Crippen LogP contribution in [0.3, 0.4) is 0 Å². The summed E-state index contributed by atoms with van der Waals surface area (Å²) >= 11 is 1.54. The van der Waals surface area contributed by atoms with Gasteiger partial charge in [0.15, 0.2) is 0 Å². The normalized spacial score (nSPS) is 10.6. The van der Waals surface area contributed by atoms with Crippen molar-refractivity contribution in [1.82, 2.24) is 9.97 Å². The number of nitrogens with zero attached hydrogens (tertiary/aromatic N) is 3. The molecule has 0 atom stereocenters. The molecule has 2 heterocycles. The van der Waals surface area contributed by atoms with Crippen LogP contribution in [0.5, 0.6) is 0 Å². The van der Waals surface area contributed by atoms with Gasteiger partial charge in [-0.15, -0.1) is 11.3 Å². The van der Waals surface area contributed by atoms with E-state index in [-0.39, 0.29) is 5.91 Å². The van der Waals surface area contributed by atoms with E-state index in [2.05, 4.69) is 9.97 Å². The number of carbonyl (C=O) groups is 1. The van der Waals surface area contributed by atoms with Gasteiger partial charge in [-0.2, -0.15) is 0 Å². The number of hydrogen-bond acceptors (Lipinski definition) is 4. The highest BCUT2D eigenvalue weighted by Gasteiger charge is 2.25. The lowest BCUT2D eigenvalue weighted by molar-refractivity contribution is 0.0980. The van der Waals surface area contributed by atoms with Crippen molar-refractivity contribution < 1.29 is 4.79 Å². The van der Waals surface area contributed by atoms with Crippen molar-refractivity contribution in [2.24, 2.45) is 0 Å². The molecule has 0 N–H and O–H groups in total. The summed E-state index contributed by atoms with van der Waals surface area (Å²) in [5, 5.41) is 0.864. The zero-order valence-electron chi connectivity index (χ0n) is 15.4. The molecule has 0 radical (unpaired) electrons. The minimum Gasteiger partial charge on any atom is -0.287 e. The molecule has 138 valence electrons. The lowest BCUT2D eigenvalue weighted by atomic mass is 10.1. The average Bonchev–Trinajstić information content (AvgIpc) is 3.15.